The molecule has 1 aliphatic carbocycles. The Kier molecular flexibility index (Phi) is 6.37. The molecule has 0 aromatic carbocycles. The highest BCUT2D eigenvalue weighted by Crippen LogP contribution is 2.33. The lowest BCUT2D eigenvalue weighted by atomic mass is 9.82. The molecule has 2 rings (SSSR count). The van der Waals surface area contributed by atoms with E-state index in [1.165, 1.54) is 0 Å². The van der Waals surface area contributed by atoms with Gasteiger partial charge < -0.3 is 14.4 Å². The first-order valence-corrected chi connectivity index (χ1v) is 8.22. The van der Waals surface area contributed by atoms with Gasteiger partial charge in [-0.25, -0.2) is 0 Å². The molecule has 2 atom stereocenters. The van der Waals surface area contributed by atoms with E-state index in [1.54, 1.807) is 0 Å². The third-order valence-corrected chi connectivity index (χ3v) is 4.60. The highest BCUT2D eigenvalue weighted by Gasteiger charge is 2.31. The lowest BCUT2D eigenvalue weighted by Gasteiger charge is -2.39. The maximum absolute atomic E-state index is 12.3. The number of morpholine rings is 1. The average molecular weight is 318 g/mol. The predicted molar refractivity (Wildman–Crippen MR) is 87.6 cm³/mol. The molecule has 0 aromatic rings. The van der Waals surface area contributed by atoms with Gasteiger partial charge in [0.25, 0.3) is 0 Å². The predicted octanol–water partition coefficient (Wildman–Crippen LogP) is 2.45. The van der Waals surface area contributed by atoms with Gasteiger partial charge in [0, 0.05) is 30.8 Å². The lowest BCUT2D eigenvalue weighted by molar-refractivity contribution is -0.117. The molecule has 5 nitrogen and oxygen atoms in total. The second-order valence-electron chi connectivity index (χ2n) is 6.37. The van der Waals surface area contributed by atoms with Gasteiger partial charge in [-0.3, -0.25) is 4.79 Å². The summed E-state index contributed by atoms with van der Waals surface area (Å²) in [6, 6.07) is 2.06. The van der Waals surface area contributed by atoms with Gasteiger partial charge in [0.2, 0.25) is 0 Å². The standard InChI is InChI=1S/C18H26N2O3/c1-13(2)15-9-17(14(3)18(21)10-15)20-6-8-23-16(11-20)12-22-7-4-5-19/h15-16H,1,4,6-12H2,2-3H3/t15?,16-/m1/s1. The van der Waals surface area contributed by atoms with Crippen molar-refractivity contribution in [1.29, 1.82) is 5.26 Å². The molecule has 23 heavy (non-hydrogen) atoms. The van der Waals surface area contributed by atoms with E-state index in [1.807, 2.05) is 13.8 Å². The van der Waals surface area contributed by atoms with Gasteiger partial charge in [-0.1, -0.05) is 12.2 Å². The van der Waals surface area contributed by atoms with Crippen LogP contribution in [0, 0.1) is 17.2 Å². The summed E-state index contributed by atoms with van der Waals surface area (Å²) in [6.07, 6.45) is 1.85. The number of ketones is 1. The lowest BCUT2D eigenvalue weighted by Crippen LogP contribution is -2.45. The van der Waals surface area contributed by atoms with E-state index in [4.69, 9.17) is 14.7 Å². The minimum Gasteiger partial charge on any atom is -0.378 e. The number of carbonyl (C=O) groups is 1. The summed E-state index contributed by atoms with van der Waals surface area (Å²) in [5.74, 6) is 0.474. The fourth-order valence-electron chi connectivity index (χ4n) is 3.11. The van der Waals surface area contributed by atoms with E-state index < -0.39 is 0 Å². The third kappa shape index (κ3) is 4.66. The Hall–Kier alpha value is -1.64. The fourth-order valence-corrected chi connectivity index (χ4v) is 3.11. The summed E-state index contributed by atoms with van der Waals surface area (Å²) in [7, 11) is 0. The number of nitriles is 1. The summed E-state index contributed by atoms with van der Waals surface area (Å²) in [4.78, 5) is 14.5. The number of allylic oxidation sites excluding steroid dienone is 3. The zero-order valence-electron chi connectivity index (χ0n) is 14.1. The minimum atomic E-state index is -0.0111. The first-order chi connectivity index (χ1) is 11.0. The monoisotopic (exact) mass is 318 g/mol. The van der Waals surface area contributed by atoms with Crippen LogP contribution in [0.15, 0.2) is 23.4 Å². The molecular weight excluding hydrogens is 292 g/mol. The molecule has 1 fully saturated rings. The number of rotatable bonds is 6. The highest BCUT2D eigenvalue weighted by atomic mass is 16.5. The van der Waals surface area contributed by atoms with Crippen molar-refractivity contribution in [3.05, 3.63) is 23.4 Å². The number of ether oxygens (including phenoxy) is 2. The van der Waals surface area contributed by atoms with Crippen molar-refractivity contribution >= 4 is 5.78 Å². The van der Waals surface area contributed by atoms with E-state index in [9.17, 15) is 4.79 Å². The van der Waals surface area contributed by atoms with Crippen LogP contribution >= 0.6 is 0 Å². The highest BCUT2D eigenvalue weighted by molar-refractivity contribution is 5.96. The molecular formula is C18H26N2O3. The van der Waals surface area contributed by atoms with Crippen LogP contribution in [0.2, 0.25) is 0 Å². The second kappa shape index (κ2) is 8.28. The second-order valence-corrected chi connectivity index (χ2v) is 6.37. The van der Waals surface area contributed by atoms with E-state index in [2.05, 4.69) is 17.5 Å². The first kappa shape index (κ1) is 17.7. The number of carbonyl (C=O) groups excluding carboxylic acids is 1. The Balaban J connectivity index is 1.99. The SMILES string of the molecule is C=C(C)C1CC(=O)C(C)=C(N2CCO[C@@H](COCCC#N)C2)C1. The number of hydrogen-bond donors (Lipinski definition) is 0. The van der Waals surface area contributed by atoms with Crippen LogP contribution in [-0.2, 0) is 14.3 Å². The molecule has 1 unspecified atom stereocenters. The number of Topliss-reactive ketones (excluding diaryl/α,β-unsaturated/α-hetero) is 1. The van der Waals surface area contributed by atoms with Gasteiger partial charge in [0.15, 0.2) is 5.78 Å². The zero-order chi connectivity index (χ0) is 16.8. The molecule has 1 aliphatic heterocycles. The van der Waals surface area contributed by atoms with Crippen LogP contribution in [0.4, 0.5) is 0 Å². The minimum absolute atomic E-state index is 0.0111. The molecule has 0 amide bonds. The van der Waals surface area contributed by atoms with Crippen LogP contribution in [0.1, 0.15) is 33.1 Å². The maximum Gasteiger partial charge on any atom is 0.160 e. The molecule has 0 N–H and O–H groups in total. The molecule has 5 heteroatoms. The molecule has 1 heterocycles. The van der Waals surface area contributed by atoms with Crippen molar-refractivity contribution < 1.29 is 14.3 Å². The van der Waals surface area contributed by atoms with Gasteiger partial charge in [0.1, 0.15) is 0 Å². The van der Waals surface area contributed by atoms with E-state index in [0.29, 0.717) is 32.7 Å². The zero-order valence-corrected chi connectivity index (χ0v) is 14.1. The summed E-state index contributed by atoms with van der Waals surface area (Å²) < 4.78 is 11.2. The van der Waals surface area contributed by atoms with Gasteiger partial charge in [0.05, 0.1) is 38.4 Å². The van der Waals surface area contributed by atoms with Crippen molar-refractivity contribution in [1.82, 2.24) is 4.90 Å². The van der Waals surface area contributed by atoms with Gasteiger partial charge in [-0.05, 0) is 26.2 Å². The molecule has 0 saturated carbocycles. The van der Waals surface area contributed by atoms with E-state index in [-0.39, 0.29) is 17.8 Å². The Morgan fingerprint density at radius 1 is 1.52 bits per heavy atom. The normalized spacial score (nSPS) is 25.4. The Bertz CT molecular complexity index is 533. The van der Waals surface area contributed by atoms with Crippen LogP contribution in [0.3, 0.4) is 0 Å². The summed E-state index contributed by atoms with van der Waals surface area (Å²) >= 11 is 0. The molecule has 0 spiro atoms. The number of nitrogens with zero attached hydrogens (tertiary/aromatic N) is 2. The van der Waals surface area contributed by atoms with Crippen molar-refractivity contribution in [2.24, 2.45) is 5.92 Å². The molecule has 2 aliphatic rings. The van der Waals surface area contributed by atoms with Crippen LogP contribution < -0.4 is 0 Å². The molecule has 0 radical (unpaired) electrons. The largest absolute Gasteiger partial charge is 0.378 e. The topological polar surface area (TPSA) is 62.6 Å². The summed E-state index contributed by atoms with van der Waals surface area (Å²) in [5.41, 5.74) is 3.10. The molecule has 126 valence electrons. The Morgan fingerprint density at radius 3 is 3.00 bits per heavy atom. The quantitative estimate of drug-likeness (QED) is 0.556. The van der Waals surface area contributed by atoms with Gasteiger partial charge in [-0.15, -0.1) is 0 Å². The van der Waals surface area contributed by atoms with Crippen molar-refractivity contribution in [2.75, 3.05) is 32.9 Å². The van der Waals surface area contributed by atoms with E-state index in [0.717, 1.165) is 36.4 Å². The first-order valence-electron chi connectivity index (χ1n) is 8.22. The van der Waals surface area contributed by atoms with Crippen molar-refractivity contribution in [3.63, 3.8) is 0 Å². The van der Waals surface area contributed by atoms with Crippen LogP contribution in [-0.4, -0.2) is 49.7 Å². The molecule has 0 aromatic heterocycles. The molecule has 1 saturated heterocycles. The van der Waals surface area contributed by atoms with Crippen LogP contribution in [0.25, 0.3) is 0 Å². The Morgan fingerprint density at radius 2 is 2.30 bits per heavy atom. The van der Waals surface area contributed by atoms with Gasteiger partial charge in [-0.2, -0.15) is 5.26 Å². The van der Waals surface area contributed by atoms with Gasteiger partial charge >= 0.3 is 0 Å². The van der Waals surface area contributed by atoms with E-state index >= 15 is 0 Å². The summed E-state index contributed by atoms with van der Waals surface area (Å²) in [6.45, 7) is 11.1. The van der Waals surface area contributed by atoms with Crippen molar-refractivity contribution in [2.45, 2.75) is 39.2 Å². The average Bonchev–Trinajstić information content (AvgIpc) is 2.54. The number of hydrogen-bond acceptors (Lipinski definition) is 5. The van der Waals surface area contributed by atoms with Crippen LogP contribution in [0.5, 0.6) is 0 Å². The maximum atomic E-state index is 12.3. The third-order valence-electron chi connectivity index (χ3n) is 4.60. The molecule has 0 bridgehead atoms. The summed E-state index contributed by atoms with van der Waals surface area (Å²) in [5, 5.41) is 8.52. The Labute approximate surface area is 138 Å². The van der Waals surface area contributed by atoms with Crippen molar-refractivity contribution in [3.8, 4) is 6.07 Å². The fraction of sp³-hybridized carbons (Fsp3) is 0.667. The smallest absolute Gasteiger partial charge is 0.160 e.